The number of aromatic nitrogens is 4. The summed E-state index contributed by atoms with van der Waals surface area (Å²) in [4.78, 5) is 37.1. The second kappa shape index (κ2) is 19.4. The van der Waals surface area contributed by atoms with Crippen molar-refractivity contribution in [3.8, 4) is 17.2 Å². The lowest BCUT2D eigenvalue weighted by Gasteiger charge is -2.37. The van der Waals surface area contributed by atoms with Crippen LogP contribution in [0.25, 0.3) is 17.1 Å². The van der Waals surface area contributed by atoms with Gasteiger partial charge in [0, 0.05) is 26.2 Å². The van der Waals surface area contributed by atoms with Crippen LogP contribution in [0.1, 0.15) is 60.5 Å². The number of aryl methyl sites for hydroxylation is 1. The van der Waals surface area contributed by atoms with Gasteiger partial charge in [-0.05, 0) is 60.9 Å². The molecular formula is C47H44F5N5O8. The molecule has 0 N–H and O–H groups in total. The smallest absolute Gasteiger partial charge is 0.311 e. The number of hydrogen-bond acceptors (Lipinski definition) is 12. The standard InChI is InChI=1S/C47H44F5N5O8/c1-26(56(3)4)22-33-39-27(2)55-57(46(39)54-25-53-33)36-23-34(64-37(58)20-21-38(59)65-45-43(51)41(49)40(48)42(50)44(45)52)35(63-36)24-62-47(28-10-8-7-9-11-28,29-12-16-31(60-5)17-13-29)30-14-18-32(61-6)19-15-30/h7-19,22,25,34-36H,20-21,23-24H2,1-6H3/b26-22+. The van der Waals surface area contributed by atoms with Crippen LogP contribution in [-0.2, 0) is 29.4 Å². The molecule has 0 saturated carbocycles. The van der Waals surface area contributed by atoms with E-state index in [1.54, 1.807) is 50.1 Å². The second-order valence-electron chi connectivity index (χ2n) is 15.2. The van der Waals surface area contributed by atoms with Gasteiger partial charge >= 0.3 is 11.9 Å². The minimum atomic E-state index is -2.42. The van der Waals surface area contributed by atoms with Gasteiger partial charge in [0.05, 0.1) is 50.4 Å². The van der Waals surface area contributed by atoms with Gasteiger partial charge in [-0.1, -0.05) is 54.6 Å². The van der Waals surface area contributed by atoms with Crippen LogP contribution in [0.2, 0.25) is 0 Å². The largest absolute Gasteiger partial charge is 0.497 e. The molecule has 340 valence electrons. The lowest BCUT2D eigenvalue weighted by atomic mass is 9.80. The van der Waals surface area contributed by atoms with E-state index in [2.05, 4.69) is 14.7 Å². The SMILES string of the molecule is COc1ccc(C(OCC2OC(n3nc(C)c4c(/C=C(\C)N(C)C)ncnc43)CC2OC(=O)CCC(=O)Oc2c(F)c(F)c(F)c(F)c2F)(c2ccccc2)c2ccc(OC)cc2)cc1. The number of hydrogen-bond donors (Lipinski definition) is 0. The molecule has 2 aromatic heterocycles. The summed E-state index contributed by atoms with van der Waals surface area (Å²) < 4.78 is 106. The molecule has 1 aliphatic rings. The summed E-state index contributed by atoms with van der Waals surface area (Å²) in [5.74, 6) is -14.7. The van der Waals surface area contributed by atoms with Crippen molar-refractivity contribution in [3.63, 3.8) is 0 Å². The van der Waals surface area contributed by atoms with E-state index in [1.165, 1.54) is 6.33 Å². The molecule has 65 heavy (non-hydrogen) atoms. The van der Waals surface area contributed by atoms with Crippen LogP contribution >= 0.6 is 0 Å². The molecular weight excluding hydrogens is 858 g/mol. The maximum atomic E-state index is 14.3. The Morgan fingerprint density at radius 2 is 1.35 bits per heavy atom. The Labute approximate surface area is 370 Å². The van der Waals surface area contributed by atoms with Gasteiger partial charge in [0.15, 0.2) is 11.9 Å². The van der Waals surface area contributed by atoms with Gasteiger partial charge in [0.2, 0.25) is 34.8 Å². The quantitative estimate of drug-likeness (QED) is 0.0231. The zero-order chi connectivity index (χ0) is 46.6. The molecule has 1 fully saturated rings. The topological polar surface area (TPSA) is 136 Å². The monoisotopic (exact) mass is 901 g/mol. The van der Waals surface area contributed by atoms with E-state index < -0.39 is 83.7 Å². The van der Waals surface area contributed by atoms with E-state index in [9.17, 15) is 31.5 Å². The summed E-state index contributed by atoms with van der Waals surface area (Å²) in [6, 6.07) is 24.2. The summed E-state index contributed by atoms with van der Waals surface area (Å²) in [6.45, 7) is 3.54. The molecule has 3 heterocycles. The fourth-order valence-corrected chi connectivity index (χ4v) is 7.48. The van der Waals surface area contributed by atoms with Gasteiger partial charge in [-0.15, -0.1) is 0 Å². The van der Waals surface area contributed by atoms with Gasteiger partial charge < -0.3 is 33.3 Å². The molecule has 3 atom stereocenters. The molecule has 7 rings (SSSR count). The van der Waals surface area contributed by atoms with Crippen molar-refractivity contribution in [1.29, 1.82) is 0 Å². The normalized spacial score (nSPS) is 16.4. The number of esters is 2. The zero-order valence-electron chi connectivity index (χ0n) is 36.1. The summed E-state index contributed by atoms with van der Waals surface area (Å²) in [5.41, 5.74) is 3.44. The van der Waals surface area contributed by atoms with Crippen LogP contribution in [-0.4, -0.2) is 83.7 Å². The molecule has 0 spiro atoms. The van der Waals surface area contributed by atoms with Crippen molar-refractivity contribution in [3.05, 3.63) is 148 Å². The Morgan fingerprint density at radius 1 is 0.800 bits per heavy atom. The molecule has 3 unspecified atom stereocenters. The fourth-order valence-electron chi connectivity index (χ4n) is 7.48. The molecule has 1 saturated heterocycles. The molecule has 4 aromatic carbocycles. The summed E-state index contributed by atoms with van der Waals surface area (Å²) in [7, 11) is 6.93. The van der Waals surface area contributed by atoms with E-state index in [0.717, 1.165) is 11.3 Å². The Morgan fingerprint density at radius 3 is 1.92 bits per heavy atom. The summed E-state index contributed by atoms with van der Waals surface area (Å²) in [6.07, 6.45) is -1.16. The van der Waals surface area contributed by atoms with E-state index in [-0.39, 0.29) is 13.0 Å². The highest BCUT2D eigenvalue weighted by atomic mass is 19.2. The highest BCUT2D eigenvalue weighted by Gasteiger charge is 2.45. The average Bonchev–Trinajstić information content (AvgIpc) is 3.88. The highest BCUT2D eigenvalue weighted by molar-refractivity contribution is 5.86. The molecule has 0 amide bonds. The summed E-state index contributed by atoms with van der Waals surface area (Å²) in [5, 5.41) is 5.46. The molecule has 18 heteroatoms. The third-order valence-corrected chi connectivity index (χ3v) is 11.0. The van der Waals surface area contributed by atoms with Crippen molar-refractivity contribution in [2.24, 2.45) is 0 Å². The van der Waals surface area contributed by atoms with Crippen LogP contribution in [0.4, 0.5) is 22.0 Å². The predicted molar refractivity (Wildman–Crippen MR) is 225 cm³/mol. The van der Waals surface area contributed by atoms with Crippen molar-refractivity contribution in [2.75, 3.05) is 34.9 Å². The minimum absolute atomic E-state index is 0.0142. The Balaban J connectivity index is 1.23. The lowest BCUT2D eigenvalue weighted by molar-refractivity contribution is -0.157. The van der Waals surface area contributed by atoms with E-state index in [1.807, 2.05) is 86.6 Å². The Kier molecular flexibility index (Phi) is 13.8. The predicted octanol–water partition coefficient (Wildman–Crippen LogP) is 8.36. The number of halogens is 5. The van der Waals surface area contributed by atoms with Crippen LogP contribution < -0.4 is 14.2 Å². The van der Waals surface area contributed by atoms with Crippen LogP contribution in [0, 0.1) is 36.0 Å². The maximum absolute atomic E-state index is 14.3. The number of fused-ring (bicyclic) bond motifs is 1. The Bertz CT molecular complexity index is 2640. The number of benzene rings is 4. The molecule has 1 aliphatic heterocycles. The second-order valence-corrected chi connectivity index (χ2v) is 15.2. The van der Waals surface area contributed by atoms with E-state index >= 15 is 0 Å². The molecule has 13 nitrogen and oxygen atoms in total. The van der Waals surface area contributed by atoms with Crippen LogP contribution in [0.15, 0.2) is 90.9 Å². The number of carbonyl (C=O) groups excluding carboxylic acids is 2. The van der Waals surface area contributed by atoms with Crippen LogP contribution in [0.3, 0.4) is 0 Å². The summed E-state index contributed by atoms with van der Waals surface area (Å²) >= 11 is 0. The third kappa shape index (κ3) is 9.35. The first-order valence-electron chi connectivity index (χ1n) is 20.3. The van der Waals surface area contributed by atoms with Gasteiger partial charge in [0.1, 0.15) is 35.6 Å². The third-order valence-electron chi connectivity index (χ3n) is 11.0. The number of allylic oxidation sites excluding steroid dienone is 1. The van der Waals surface area contributed by atoms with Crippen molar-refractivity contribution in [2.45, 2.75) is 57.1 Å². The first-order chi connectivity index (χ1) is 31.2. The molecule has 0 aliphatic carbocycles. The van der Waals surface area contributed by atoms with Crippen molar-refractivity contribution < 1.29 is 60.0 Å². The number of nitrogens with zero attached hydrogens (tertiary/aromatic N) is 5. The first-order valence-corrected chi connectivity index (χ1v) is 20.3. The first kappa shape index (κ1) is 46.1. The molecule has 0 bridgehead atoms. The Hall–Kier alpha value is -6.92. The number of methoxy groups -OCH3 is 2. The average molecular weight is 902 g/mol. The maximum Gasteiger partial charge on any atom is 0.311 e. The van der Waals surface area contributed by atoms with Crippen LogP contribution in [0.5, 0.6) is 17.2 Å². The lowest BCUT2D eigenvalue weighted by Crippen LogP contribution is -2.39. The highest BCUT2D eigenvalue weighted by Crippen LogP contribution is 2.43. The van der Waals surface area contributed by atoms with Gasteiger partial charge in [-0.2, -0.15) is 13.9 Å². The van der Waals surface area contributed by atoms with E-state index in [0.29, 0.717) is 45.0 Å². The molecule has 6 aromatic rings. The number of ether oxygens (including phenoxy) is 6. The van der Waals surface area contributed by atoms with Gasteiger partial charge in [-0.3, -0.25) is 9.59 Å². The molecule has 0 radical (unpaired) electrons. The van der Waals surface area contributed by atoms with Crippen molar-refractivity contribution >= 4 is 29.0 Å². The fraction of sp³-hybridized carbons (Fsp3) is 0.298. The van der Waals surface area contributed by atoms with Gasteiger partial charge in [0.25, 0.3) is 0 Å². The minimum Gasteiger partial charge on any atom is -0.497 e. The number of carbonyl (C=O) groups is 2. The van der Waals surface area contributed by atoms with E-state index in [4.69, 9.17) is 28.8 Å². The van der Waals surface area contributed by atoms with Gasteiger partial charge in [-0.25, -0.2) is 27.8 Å². The van der Waals surface area contributed by atoms with Crippen molar-refractivity contribution in [1.82, 2.24) is 24.6 Å². The zero-order valence-corrected chi connectivity index (χ0v) is 36.1. The number of rotatable bonds is 16.